The summed E-state index contributed by atoms with van der Waals surface area (Å²) in [6.07, 6.45) is 0. The van der Waals surface area contributed by atoms with Gasteiger partial charge in [0.05, 0.1) is 0 Å². The van der Waals surface area contributed by atoms with E-state index in [1.54, 1.807) is 0 Å². The minimum atomic E-state index is 0.477. The number of aromatic nitrogens is 1. The van der Waals surface area contributed by atoms with Crippen LogP contribution in [0.5, 0.6) is 0 Å². The van der Waals surface area contributed by atoms with Gasteiger partial charge in [-0.15, -0.1) is 0 Å². The summed E-state index contributed by atoms with van der Waals surface area (Å²) >= 11 is 0. The maximum atomic E-state index is 5.63. The number of nitrogens with zero attached hydrogens (tertiary/aromatic N) is 1. The molecule has 0 amide bonds. The first-order chi connectivity index (χ1) is 6.59. The van der Waals surface area contributed by atoms with Crippen molar-refractivity contribution in [2.45, 2.75) is 33.6 Å². The van der Waals surface area contributed by atoms with Crippen LogP contribution in [0.2, 0.25) is 0 Å². The minimum absolute atomic E-state index is 0.477. The molecular weight excluding hydrogens is 174 g/mol. The predicted octanol–water partition coefficient (Wildman–Crippen LogP) is 3.57. The lowest BCUT2D eigenvalue weighted by Crippen LogP contribution is -1.89. The lowest BCUT2D eigenvalue weighted by Gasteiger charge is -2.05. The van der Waals surface area contributed by atoms with E-state index in [1.165, 1.54) is 11.1 Å². The third-order valence-electron chi connectivity index (χ3n) is 2.50. The standard InChI is InChI=1S/C12H15NO/c1-7(2)10-6-5-8(3)11-12(10)14-9(4)13-11/h5-7H,1-4H3. The fraction of sp³-hybridized carbons (Fsp3) is 0.417. The second-order valence-corrected chi connectivity index (χ2v) is 4.04. The molecule has 0 unspecified atom stereocenters. The van der Waals surface area contributed by atoms with Crippen LogP contribution in [0.4, 0.5) is 0 Å². The average Bonchev–Trinajstić information content (AvgIpc) is 2.47. The fourth-order valence-corrected chi connectivity index (χ4v) is 1.71. The Hall–Kier alpha value is -1.31. The zero-order valence-electron chi connectivity index (χ0n) is 9.09. The Morgan fingerprint density at radius 1 is 1.21 bits per heavy atom. The zero-order valence-corrected chi connectivity index (χ0v) is 9.09. The highest BCUT2D eigenvalue weighted by Gasteiger charge is 2.12. The second kappa shape index (κ2) is 3.12. The summed E-state index contributed by atoms with van der Waals surface area (Å²) in [5, 5.41) is 0. The van der Waals surface area contributed by atoms with Gasteiger partial charge in [-0.3, -0.25) is 0 Å². The molecule has 0 aliphatic carbocycles. The molecule has 74 valence electrons. The molecule has 1 aromatic carbocycles. The molecule has 0 spiro atoms. The third-order valence-corrected chi connectivity index (χ3v) is 2.50. The van der Waals surface area contributed by atoms with Crippen LogP contribution in [-0.2, 0) is 0 Å². The highest BCUT2D eigenvalue weighted by atomic mass is 16.3. The van der Waals surface area contributed by atoms with Crippen molar-refractivity contribution in [2.75, 3.05) is 0 Å². The quantitative estimate of drug-likeness (QED) is 0.685. The predicted molar refractivity (Wildman–Crippen MR) is 57.6 cm³/mol. The van der Waals surface area contributed by atoms with Crippen LogP contribution in [0, 0.1) is 13.8 Å². The topological polar surface area (TPSA) is 26.0 Å². The van der Waals surface area contributed by atoms with Gasteiger partial charge in [0.15, 0.2) is 11.5 Å². The Bertz CT molecular complexity index is 468. The third kappa shape index (κ3) is 1.31. The molecule has 0 aliphatic heterocycles. The number of hydrogen-bond acceptors (Lipinski definition) is 2. The van der Waals surface area contributed by atoms with Crippen LogP contribution in [0.3, 0.4) is 0 Å². The Morgan fingerprint density at radius 2 is 1.93 bits per heavy atom. The molecule has 2 aromatic rings. The van der Waals surface area contributed by atoms with E-state index in [1.807, 2.05) is 6.92 Å². The van der Waals surface area contributed by atoms with Crippen LogP contribution < -0.4 is 0 Å². The molecule has 2 rings (SSSR count). The Balaban J connectivity index is 2.81. The average molecular weight is 189 g/mol. The molecule has 0 N–H and O–H groups in total. The summed E-state index contributed by atoms with van der Waals surface area (Å²) in [5.74, 6) is 1.22. The first-order valence-corrected chi connectivity index (χ1v) is 4.96. The van der Waals surface area contributed by atoms with Crippen LogP contribution >= 0.6 is 0 Å². The molecule has 0 saturated carbocycles. The largest absolute Gasteiger partial charge is 0.441 e. The number of aryl methyl sites for hydroxylation is 2. The van der Waals surface area contributed by atoms with Crippen molar-refractivity contribution in [3.05, 3.63) is 29.2 Å². The van der Waals surface area contributed by atoms with Crippen molar-refractivity contribution in [3.8, 4) is 0 Å². The van der Waals surface area contributed by atoms with Crippen LogP contribution in [-0.4, -0.2) is 4.98 Å². The summed E-state index contributed by atoms with van der Waals surface area (Å²) in [4.78, 5) is 4.39. The van der Waals surface area contributed by atoms with Crippen molar-refractivity contribution in [1.29, 1.82) is 0 Å². The SMILES string of the molecule is Cc1nc2c(C)ccc(C(C)C)c2o1. The molecule has 0 aliphatic rings. The fourth-order valence-electron chi connectivity index (χ4n) is 1.71. The van der Waals surface area contributed by atoms with Crippen molar-refractivity contribution in [1.82, 2.24) is 4.98 Å². The molecule has 2 nitrogen and oxygen atoms in total. The van der Waals surface area contributed by atoms with Gasteiger partial charge in [-0.25, -0.2) is 4.98 Å². The minimum Gasteiger partial charge on any atom is -0.441 e. The molecule has 1 aromatic heterocycles. The molecule has 0 saturated heterocycles. The molecule has 0 bridgehead atoms. The number of oxazole rings is 1. The first kappa shape index (κ1) is 9.25. The normalized spacial score (nSPS) is 11.5. The Labute approximate surface area is 84.0 Å². The Kier molecular flexibility index (Phi) is 2.06. The summed E-state index contributed by atoms with van der Waals surface area (Å²) in [6, 6.07) is 4.24. The lowest BCUT2D eigenvalue weighted by atomic mass is 10.0. The van der Waals surface area contributed by atoms with Gasteiger partial charge in [-0.05, 0) is 24.0 Å². The van der Waals surface area contributed by atoms with E-state index in [2.05, 4.69) is 37.9 Å². The van der Waals surface area contributed by atoms with Crippen molar-refractivity contribution in [2.24, 2.45) is 0 Å². The van der Waals surface area contributed by atoms with Crippen LogP contribution in [0.15, 0.2) is 16.5 Å². The van der Waals surface area contributed by atoms with Gasteiger partial charge in [0, 0.05) is 6.92 Å². The number of rotatable bonds is 1. The van der Waals surface area contributed by atoms with Gasteiger partial charge < -0.3 is 4.42 Å². The summed E-state index contributed by atoms with van der Waals surface area (Å²) < 4.78 is 5.63. The van der Waals surface area contributed by atoms with E-state index < -0.39 is 0 Å². The first-order valence-electron chi connectivity index (χ1n) is 4.96. The van der Waals surface area contributed by atoms with Gasteiger partial charge >= 0.3 is 0 Å². The van der Waals surface area contributed by atoms with Crippen molar-refractivity contribution in [3.63, 3.8) is 0 Å². The van der Waals surface area contributed by atoms with E-state index in [0.717, 1.165) is 17.0 Å². The zero-order chi connectivity index (χ0) is 10.3. The van der Waals surface area contributed by atoms with E-state index in [9.17, 15) is 0 Å². The number of hydrogen-bond donors (Lipinski definition) is 0. The van der Waals surface area contributed by atoms with Gasteiger partial charge in [0.25, 0.3) is 0 Å². The summed E-state index contributed by atoms with van der Waals surface area (Å²) in [5.41, 5.74) is 4.39. The maximum Gasteiger partial charge on any atom is 0.192 e. The van der Waals surface area contributed by atoms with Gasteiger partial charge in [0.1, 0.15) is 5.52 Å². The lowest BCUT2D eigenvalue weighted by molar-refractivity contribution is 0.555. The van der Waals surface area contributed by atoms with Crippen molar-refractivity contribution < 1.29 is 4.42 Å². The maximum absolute atomic E-state index is 5.63. The summed E-state index contributed by atoms with van der Waals surface area (Å²) in [7, 11) is 0. The molecule has 2 heteroatoms. The van der Waals surface area contributed by atoms with Gasteiger partial charge in [-0.2, -0.15) is 0 Å². The van der Waals surface area contributed by atoms with E-state index in [4.69, 9.17) is 4.42 Å². The van der Waals surface area contributed by atoms with Gasteiger partial charge in [-0.1, -0.05) is 26.0 Å². The highest BCUT2D eigenvalue weighted by Crippen LogP contribution is 2.28. The van der Waals surface area contributed by atoms with Gasteiger partial charge in [0.2, 0.25) is 0 Å². The molecule has 0 atom stereocenters. The highest BCUT2D eigenvalue weighted by molar-refractivity contribution is 5.80. The summed E-state index contributed by atoms with van der Waals surface area (Å²) in [6.45, 7) is 8.29. The molecular formula is C12H15NO. The molecule has 0 radical (unpaired) electrons. The number of fused-ring (bicyclic) bond motifs is 1. The van der Waals surface area contributed by atoms with E-state index in [-0.39, 0.29) is 0 Å². The monoisotopic (exact) mass is 189 g/mol. The van der Waals surface area contributed by atoms with Crippen LogP contribution in [0.25, 0.3) is 11.1 Å². The second-order valence-electron chi connectivity index (χ2n) is 4.04. The number of benzene rings is 1. The van der Waals surface area contributed by atoms with Crippen LogP contribution in [0.1, 0.15) is 36.8 Å². The molecule has 14 heavy (non-hydrogen) atoms. The molecule has 0 fully saturated rings. The smallest absolute Gasteiger partial charge is 0.192 e. The Morgan fingerprint density at radius 3 is 2.57 bits per heavy atom. The van der Waals surface area contributed by atoms with Crippen molar-refractivity contribution >= 4 is 11.1 Å². The van der Waals surface area contributed by atoms with E-state index >= 15 is 0 Å². The molecule has 1 heterocycles. The van der Waals surface area contributed by atoms with E-state index in [0.29, 0.717) is 5.92 Å².